The second-order valence-electron chi connectivity index (χ2n) is 4.95. The Balaban J connectivity index is 2.02. The average Bonchev–Trinajstić information content (AvgIpc) is 2.55. The van der Waals surface area contributed by atoms with E-state index in [1.807, 2.05) is 0 Å². The van der Waals surface area contributed by atoms with Gasteiger partial charge in [-0.3, -0.25) is 4.79 Å². The minimum absolute atomic E-state index is 0.147. The van der Waals surface area contributed by atoms with Crippen molar-refractivity contribution in [1.82, 2.24) is 0 Å². The summed E-state index contributed by atoms with van der Waals surface area (Å²) in [6.45, 7) is 0.543. The van der Waals surface area contributed by atoms with Crippen LogP contribution in [0.4, 0.5) is 18.9 Å². The van der Waals surface area contributed by atoms with Gasteiger partial charge >= 0.3 is 6.18 Å². The van der Waals surface area contributed by atoms with Crippen molar-refractivity contribution in [3.05, 3.63) is 59.7 Å². The third kappa shape index (κ3) is 5.26. The maximum absolute atomic E-state index is 12.5. The topological polar surface area (TPSA) is 38.3 Å². The lowest BCUT2D eigenvalue weighted by Crippen LogP contribution is -2.13. The highest BCUT2D eigenvalue weighted by molar-refractivity contribution is 9.09. The van der Waals surface area contributed by atoms with Crippen LogP contribution in [0.2, 0.25) is 0 Å². The van der Waals surface area contributed by atoms with Crippen LogP contribution in [0.3, 0.4) is 0 Å². The molecule has 0 aliphatic rings. The summed E-state index contributed by atoms with van der Waals surface area (Å²) in [6.07, 6.45) is -3.57. The SMILES string of the molecule is O=C(Nc1cccc(OCCCBr)c1)c1ccc(C(F)(F)F)cc1. The van der Waals surface area contributed by atoms with E-state index in [0.29, 0.717) is 18.0 Å². The van der Waals surface area contributed by atoms with Crippen LogP contribution in [0.25, 0.3) is 0 Å². The van der Waals surface area contributed by atoms with Crippen LogP contribution in [0.5, 0.6) is 5.75 Å². The zero-order valence-electron chi connectivity index (χ0n) is 12.6. The molecule has 7 heteroatoms. The molecule has 0 spiro atoms. The van der Waals surface area contributed by atoms with E-state index in [4.69, 9.17) is 4.74 Å². The molecule has 2 aromatic rings. The molecule has 1 N–H and O–H groups in total. The second kappa shape index (κ2) is 8.19. The fourth-order valence-corrected chi connectivity index (χ4v) is 2.15. The Morgan fingerprint density at radius 3 is 2.46 bits per heavy atom. The Bertz CT molecular complexity index is 687. The molecule has 0 fully saturated rings. The van der Waals surface area contributed by atoms with Crippen LogP contribution in [0, 0.1) is 0 Å². The maximum Gasteiger partial charge on any atom is 0.416 e. The highest BCUT2D eigenvalue weighted by Crippen LogP contribution is 2.29. The number of alkyl halides is 4. The molecule has 0 bridgehead atoms. The van der Waals surface area contributed by atoms with E-state index in [9.17, 15) is 18.0 Å². The number of carbonyl (C=O) groups excluding carboxylic acids is 1. The quantitative estimate of drug-likeness (QED) is 0.538. The van der Waals surface area contributed by atoms with Gasteiger partial charge in [0.1, 0.15) is 5.75 Å². The largest absolute Gasteiger partial charge is 0.493 e. The number of ether oxygens (including phenoxy) is 1. The monoisotopic (exact) mass is 401 g/mol. The van der Waals surface area contributed by atoms with E-state index in [2.05, 4.69) is 21.2 Å². The molecule has 1 amide bonds. The lowest BCUT2D eigenvalue weighted by atomic mass is 10.1. The number of benzene rings is 2. The molecule has 0 heterocycles. The third-order valence-corrected chi connectivity index (χ3v) is 3.67. The van der Waals surface area contributed by atoms with E-state index in [0.717, 1.165) is 36.0 Å². The fraction of sp³-hybridized carbons (Fsp3) is 0.235. The van der Waals surface area contributed by atoms with Crippen molar-refractivity contribution in [2.45, 2.75) is 12.6 Å². The molecule has 3 nitrogen and oxygen atoms in total. The van der Waals surface area contributed by atoms with Gasteiger partial charge in [0.15, 0.2) is 0 Å². The maximum atomic E-state index is 12.5. The predicted octanol–water partition coefficient (Wildman–Crippen LogP) is 5.12. The first-order valence-corrected chi connectivity index (χ1v) is 8.30. The molecular formula is C17H15BrF3NO2. The smallest absolute Gasteiger partial charge is 0.416 e. The molecule has 2 rings (SSSR count). The molecule has 0 aliphatic heterocycles. The van der Waals surface area contributed by atoms with Crippen LogP contribution in [-0.2, 0) is 6.18 Å². The van der Waals surface area contributed by atoms with Crippen LogP contribution in [-0.4, -0.2) is 17.8 Å². The van der Waals surface area contributed by atoms with Crippen molar-refractivity contribution >= 4 is 27.5 Å². The average molecular weight is 402 g/mol. The van der Waals surface area contributed by atoms with Crippen LogP contribution in [0.15, 0.2) is 48.5 Å². The predicted molar refractivity (Wildman–Crippen MR) is 89.7 cm³/mol. The van der Waals surface area contributed by atoms with Gasteiger partial charge in [-0.05, 0) is 42.8 Å². The molecule has 0 aliphatic carbocycles. The highest BCUT2D eigenvalue weighted by Gasteiger charge is 2.30. The molecule has 0 saturated heterocycles. The zero-order chi connectivity index (χ0) is 17.6. The van der Waals surface area contributed by atoms with Crippen molar-refractivity contribution < 1.29 is 22.7 Å². The van der Waals surface area contributed by atoms with Gasteiger partial charge in [0, 0.05) is 22.6 Å². The summed E-state index contributed by atoms with van der Waals surface area (Å²) in [5, 5.41) is 3.47. The van der Waals surface area contributed by atoms with Gasteiger partial charge in [0.2, 0.25) is 0 Å². The Labute approximate surface area is 146 Å². The Morgan fingerprint density at radius 1 is 1.12 bits per heavy atom. The van der Waals surface area contributed by atoms with Gasteiger partial charge in [0.25, 0.3) is 5.91 Å². The molecule has 2 aromatic carbocycles. The lowest BCUT2D eigenvalue weighted by Gasteiger charge is -2.10. The van der Waals surface area contributed by atoms with Gasteiger partial charge in [-0.25, -0.2) is 0 Å². The highest BCUT2D eigenvalue weighted by atomic mass is 79.9. The van der Waals surface area contributed by atoms with Crippen LogP contribution >= 0.6 is 15.9 Å². The molecular weight excluding hydrogens is 387 g/mol. The summed E-state index contributed by atoms with van der Waals surface area (Å²) in [5.41, 5.74) is -0.133. The van der Waals surface area contributed by atoms with Gasteiger partial charge < -0.3 is 10.1 Å². The molecule has 0 unspecified atom stereocenters. The summed E-state index contributed by atoms with van der Waals surface area (Å²) < 4.78 is 43.1. The number of nitrogens with one attached hydrogen (secondary N) is 1. The first kappa shape index (κ1) is 18.3. The van der Waals surface area contributed by atoms with Crippen molar-refractivity contribution in [2.75, 3.05) is 17.3 Å². The van der Waals surface area contributed by atoms with E-state index in [1.165, 1.54) is 0 Å². The fourth-order valence-electron chi connectivity index (χ4n) is 1.92. The number of rotatable bonds is 6. The summed E-state index contributed by atoms with van der Waals surface area (Å²) in [7, 11) is 0. The number of amides is 1. The number of carbonyl (C=O) groups is 1. The Hall–Kier alpha value is -2.02. The third-order valence-electron chi connectivity index (χ3n) is 3.11. The van der Waals surface area contributed by atoms with E-state index in [-0.39, 0.29) is 5.56 Å². The standard InChI is InChI=1S/C17H15BrF3NO2/c18-9-2-10-24-15-4-1-3-14(11-15)22-16(23)12-5-7-13(8-6-12)17(19,20)21/h1,3-8,11H,2,9-10H2,(H,22,23). The number of hydrogen-bond donors (Lipinski definition) is 1. The minimum Gasteiger partial charge on any atom is -0.493 e. The Kier molecular flexibility index (Phi) is 6.25. The normalized spacial score (nSPS) is 11.2. The zero-order valence-corrected chi connectivity index (χ0v) is 14.2. The summed E-state index contributed by atoms with van der Waals surface area (Å²) in [4.78, 5) is 12.1. The number of anilines is 1. The van der Waals surface area contributed by atoms with E-state index in [1.54, 1.807) is 24.3 Å². The van der Waals surface area contributed by atoms with Gasteiger partial charge in [-0.15, -0.1) is 0 Å². The molecule has 0 aromatic heterocycles. The first-order valence-electron chi connectivity index (χ1n) is 7.17. The van der Waals surface area contributed by atoms with Crippen molar-refractivity contribution in [3.8, 4) is 5.75 Å². The van der Waals surface area contributed by atoms with Gasteiger partial charge in [0.05, 0.1) is 12.2 Å². The second-order valence-corrected chi connectivity index (χ2v) is 5.74. The number of halogens is 4. The van der Waals surface area contributed by atoms with E-state index >= 15 is 0 Å². The van der Waals surface area contributed by atoms with Crippen molar-refractivity contribution in [3.63, 3.8) is 0 Å². The lowest BCUT2D eigenvalue weighted by molar-refractivity contribution is -0.137. The minimum atomic E-state index is -4.42. The van der Waals surface area contributed by atoms with Crippen molar-refractivity contribution in [2.24, 2.45) is 0 Å². The molecule has 128 valence electrons. The van der Waals surface area contributed by atoms with Gasteiger partial charge in [-0.2, -0.15) is 13.2 Å². The first-order chi connectivity index (χ1) is 11.4. The summed E-state index contributed by atoms with van der Waals surface area (Å²) in [5.74, 6) is 0.127. The van der Waals surface area contributed by atoms with Crippen LogP contribution < -0.4 is 10.1 Å². The molecule has 24 heavy (non-hydrogen) atoms. The molecule has 0 radical (unpaired) electrons. The number of hydrogen-bond acceptors (Lipinski definition) is 2. The molecule has 0 atom stereocenters. The summed E-state index contributed by atoms with van der Waals surface area (Å²) >= 11 is 3.31. The van der Waals surface area contributed by atoms with Gasteiger partial charge in [-0.1, -0.05) is 22.0 Å². The molecule has 0 saturated carbocycles. The van der Waals surface area contributed by atoms with Crippen LogP contribution in [0.1, 0.15) is 22.3 Å². The van der Waals surface area contributed by atoms with E-state index < -0.39 is 17.6 Å². The van der Waals surface area contributed by atoms with Crippen molar-refractivity contribution in [1.29, 1.82) is 0 Å². The summed E-state index contributed by atoms with van der Waals surface area (Å²) in [6, 6.07) is 10.9. The Morgan fingerprint density at radius 2 is 1.83 bits per heavy atom.